The van der Waals surface area contributed by atoms with Gasteiger partial charge in [-0.1, -0.05) is 13.0 Å². The second-order valence-corrected chi connectivity index (χ2v) is 4.76. The molecule has 0 saturated carbocycles. The first-order valence-electron chi connectivity index (χ1n) is 6.90. The van der Waals surface area contributed by atoms with Gasteiger partial charge in [0, 0.05) is 29.7 Å². The van der Waals surface area contributed by atoms with E-state index in [0.717, 1.165) is 23.6 Å². The largest absolute Gasteiger partial charge is 0.493 e. The highest BCUT2D eigenvalue weighted by atomic mass is 16.5. The zero-order valence-electron chi connectivity index (χ0n) is 12.0. The summed E-state index contributed by atoms with van der Waals surface area (Å²) in [6.45, 7) is 4.84. The maximum absolute atomic E-state index is 5.91. The maximum Gasteiger partial charge on any atom is 0.123 e. The van der Waals surface area contributed by atoms with Crippen molar-refractivity contribution in [1.82, 2.24) is 4.98 Å². The summed E-state index contributed by atoms with van der Waals surface area (Å²) in [4.78, 5) is 4.34. The molecule has 0 amide bonds. The minimum Gasteiger partial charge on any atom is -0.493 e. The molecule has 0 radical (unpaired) electrons. The molecular formula is C16H21N3O. The van der Waals surface area contributed by atoms with Gasteiger partial charge in [0.1, 0.15) is 5.75 Å². The number of hydrogen-bond donors (Lipinski definition) is 2. The number of benzene rings is 1. The Kier molecular flexibility index (Phi) is 4.82. The summed E-state index contributed by atoms with van der Waals surface area (Å²) >= 11 is 0. The Labute approximate surface area is 120 Å². The predicted molar refractivity (Wildman–Crippen MR) is 82.9 cm³/mol. The number of pyridine rings is 1. The van der Waals surface area contributed by atoms with Gasteiger partial charge in [-0.05, 0) is 31.5 Å². The molecule has 2 aromatic rings. The molecule has 20 heavy (non-hydrogen) atoms. The van der Waals surface area contributed by atoms with Gasteiger partial charge in [-0.3, -0.25) is 4.98 Å². The number of aromatic nitrogens is 1. The molecule has 1 aromatic carbocycles. The fourth-order valence-corrected chi connectivity index (χ4v) is 1.96. The third kappa shape index (κ3) is 3.88. The van der Waals surface area contributed by atoms with Crippen LogP contribution in [0.25, 0.3) is 0 Å². The molecule has 1 aromatic heterocycles. The average Bonchev–Trinajstić information content (AvgIpc) is 2.45. The molecule has 4 nitrogen and oxygen atoms in total. The van der Waals surface area contributed by atoms with Gasteiger partial charge in [-0.2, -0.15) is 0 Å². The van der Waals surface area contributed by atoms with Crippen LogP contribution in [0.15, 0.2) is 42.6 Å². The van der Waals surface area contributed by atoms with E-state index in [1.807, 2.05) is 36.4 Å². The molecule has 0 aliphatic rings. The number of anilines is 2. The van der Waals surface area contributed by atoms with Crippen LogP contribution in [-0.2, 0) is 0 Å². The van der Waals surface area contributed by atoms with Crippen molar-refractivity contribution in [2.75, 3.05) is 17.7 Å². The smallest absolute Gasteiger partial charge is 0.123 e. The SMILES string of the molecule is CCCOc1cc(N)cc(NC(C)c2ccccn2)c1. The van der Waals surface area contributed by atoms with Crippen LogP contribution in [0.2, 0.25) is 0 Å². The van der Waals surface area contributed by atoms with E-state index in [4.69, 9.17) is 10.5 Å². The Hall–Kier alpha value is -2.23. The molecule has 4 heteroatoms. The lowest BCUT2D eigenvalue weighted by Gasteiger charge is -2.16. The molecule has 1 unspecified atom stereocenters. The highest BCUT2D eigenvalue weighted by molar-refractivity contribution is 5.59. The Morgan fingerprint density at radius 1 is 1.30 bits per heavy atom. The van der Waals surface area contributed by atoms with Gasteiger partial charge in [0.05, 0.1) is 18.3 Å². The summed E-state index contributed by atoms with van der Waals surface area (Å²) in [6.07, 6.45) is 2.77. The Morgan fingerprint density at radius 2 is 2.15 bits per heavy atom. The van der Waals surface area contributed by atoms with Gasteiger partial charge in [-0.25, -0.2) is 0 Å². The normalized spacial score (nSPS) is 11.9. The first-order valence-corrected chi connectivity index (χ1v) is 6.90. The van der Waals surface area contributed by atoms with Gasteiger partial charge in [0.2, 0.25) is 0 Å². The summed E-state index contributed by atoms with van der Waals surface area (Å²) in [6, 6.07) is 11.7. The van der Waals surface area contributed by atoms with Crippen LogP contribution >= 0.6 is 0 Å². The van der Waals surface area contributed by atoms with Crippen LogP contribution in [0.5, 0.6) is 5.75 Å². The summed E-state index contributed by atoms with van der Waals surface area (Å²) in [5.74, 6) is 0.794. The second-order valence-electron chi connectivity index (χ2n) is 4.76. The topological polar surface area (TPSA) is 60.2 Å². The summed E-state index contributed by atoms with van der Waals surface area (Å²) in [5, 5.41) is 3.39. The molecule has 0 saturated heterocycles. The standard InChI is InChI=1S/C16H21N3O/c1-3-8-20-15-10-13(17)9-14(11-15)19-12(2)16-6-4-5-7-18-16/h4-7,9-12,19H,3,8,17H2,1-2H3. The average molecular weight is 271 g/mol. The Bertz CT molecular complexity index is 543. The van der Waals surface area contributed by atoms with Crippen molar-refractivity contribution in [3.05, 3.63) is 48.3 Å². The van der Waals surface area contributed by atoms with E-state index in [0.29, 0.717) is 12.3 Å². The highest BCUT2D eigenvalue weighted by Crippen LogP contribution is 2.25. The molecule has 2 rings (SSSR count). The molecule has 0 bridgehead atoms. The van der Waals surface area contributed by atoms with Crippen LogP contribution in [-0.4, -0.2) is 11.6 Å². The van der Waals surface area contributed by atoms with E-state index in [2.05, 4.69) is 24.1 Å². The van der Waals surface area contributed by atoms with E-state index in [-0.39, 0.29) is 6.04 Å². The number of nitrogens with two attached hydrogens (primary N) is 1. The number of rotatable bonds is 6. The maximum atomic E-state index is 5.91. The molecule has 0 aliphatic heterocycles. The lowest BCUT2D eigenvalue weighted by atomic mass is 10.2. The van der Waals surface area contributed by atoms with Gasteiger partial charge >= 0.3 is 0 Å². The number of hydrogen-bond acceptors (Lipinski definition) is 4. The number of ether oxygens (including phenoxy) is 1. The van der Waals surface area contributed by atoms with Crippen molar-refractivity contribution >= 4 is 11.4 Å². The van der Waals surface area contributed by atoms with Crippen molar-refractivity contribution in [2.45, 2.75) is 26.3 Å². The first-order chi connectivity index (χ1) is 9.69. The molecular weight excluding hydrogens is 250 g/mol. The predicted octanol–water partition coefficient (Wildman–Crippen LogP) is 3.63. The van der Waals surface area contributed by atoms with E-state index >= 15 is 0 Å². The van der Waals surface area contributed by atoms with Crippen LogP contribution in [0.3, 0.4) is 0 Å². The van der Waals surface area contributed by atoms with Gasteiger partial charge < -0.3 is 15.8 Å². The van der Waals surface area contributed by atoms with Crippen LogP contribution in [0.1, 0.15) is 32.0 Å². The van der Waals surface area contributed by atoms with E-state index < -0.39 is 0 Å². The van der Waals surface area contributed by atoms with Crippen molar-refractivity contribution in [1.29, 1.82) is 0 Å². The molecule has 3 N–H and O–H groups in total. The monoisotopic (exact) mass is 271 g/mol. The van der Waals surface area contributed by atoms with E-state index in [1.54, 1.807) is 6.20 Å². The Balaban J connectivity index is 2.10. The van der Waals surface area contributed by atoms with Crippen molar-refractivity contribution in [3.63, 3.8) is 0 Å². The van der Waals surface area contributed by atoms with Gasteiger partial charge in [-0.15, -0.1) is 0 Å². The lowest BCUT2D eigenvalue weighted by molar-refractivity contribution is 0.318. The van der Waals surface area contributed by atoms with Crippen molar-refractivity contribution in [3.8, 4) is 5.75 Å². The molecule has 0 fully saturated rings. The fraction of sp³-hybridized carbons (Fsp3) is 0.312. The minimum absolute atomic E-state index is 0.108. The number of nitrogens with zero attached hydrogens (tertiary/aromatic N) is 1. The fourth-order valence-electron chi connectivity index (χ4n) is 1.96. The van der Waals surface area contributed by atoms with Crippen LogP contribution in [0, 0.1) is 0 Å². The van der Waals surface area contributed by atoms with Crippen LogP contribution < -0.4 is 15.8 Å². The zero-order valence-corrected chi connectivity index (χ0v) is 12.0. The zero-order chi connectivity index (χ0) is 14.4. The number of nitrogen functional groups attached to an aromatic ring is 1. The van der Waals surface area contributed by atoms with Crippen molar-refractivity contribution < 1.29 is 4.74 Å². The van der Waals surface area contributed by atoms with E-state index in [1.165, 1.54) is 0 Å². The van der Waals surface area contributed by atoms with Gasteiger partial charge in [0.25, 0.3) is 0 Å². The van der Waals surface area contributed by atoms with E-state index in [9.17, 15) is 0 Å². The molecule has 106 valence electrons. The highest BCUT2D eigenvalue weighted by Gasteiger charge is 2.07. The first kappa shape index (κ1) is 14.2. The third-order valence-electron chi connectivity index (χ3n) is 2.92. The second kappa shape index (κ2) is 6.80. The third-order valence-corrected chi connectivity index (χ3v) is 2.92. The summed E-state index contributed by atoms with van der Waals surface area (Å²) in [7, 11) is 0. The quantitative estimate of drug-likeness (QED) is 0.788. The molecule has 1 heterocycles. The summed E-state index contributed by atoms with van der Waals surface area (Å²) < 4.78 is 5.63. The minimum atomic E-state index is 0.108. The number of nitrogens with one attached hydrogen (secondary N) is 1. The van der Waals surface area contributed by atoms with Crippen molar-refractivity contribution in [2.24, 2.45) is 0 Å². The van der Waals surface area contributed by atoms with Crippen LogP contribution in [0.4, 0.5) is 11.4 Å². The summed E-state index contributed by atoms with van der Waals surface area (Å²) in [5.41, 5.74) is 8.53. The van der Waals surface area contributed by atoms with Gasteiger partial charge in [0.15, 0.2) is 0 Å². The molecule has 1 atom stereocenters. The Morgan fingerprint density at radius 3 is 2.85 bits per heavy atom. The molecule has 0 aliphatic carbocycles. The molecule has 0 spiro atoms. The lowest BCUT2D eigenvalue weighted by Crippen LogP contribution is -2.08.